The molecule has 0 bridgehead atoms. The van der Waals surface area contributed by atoms with Crippen molar-refractivity contribution in [2.24, 2.45) is 5.92 Å². The highest BCUT2D eigenvalue weighted by atomic mass is 35.5. The first-order valence-corrected chi connectivity index (χ1v) is 1.89. The van der Waals surface area contributed by atoms with Crippen LogP contribution in [0.25, 0.3) is 0 Å². The minimum atomic E-state index is 0. The van der Waals surface area contributed by atoms with E-state index >= 15 is 0 Å². The highest BCUT2D eigenvalue weighted by Crippen LogP contribution is 2.25. The molecule has 0 aromatic rings. The fraction of sp³-hybridized carbons (Fsp3) is 0.750. The topological polar surface area (TPSA) is 17.1 Å². The van der Waals surface area contributed by atoms with Crippen LogP contribution in [0.5, 0.6) is 0 Å². The molecule has 2 heteroatoms. The van der Waals surface area contributed by atoms with Crippen molar-refractivity contribution >= 4 is 18.7 Å². The molecule has 1 rings (SSSR count). The molecule has 1 aliphatic rings. The molecule has 1 saturated carbocycles. The van der Waals surface area contributed by atoms with E-state index in [4.69, 9.17) is 0 Å². The Kier molecular flexibility index (Phi) is 2.18. The maximum atomic E-state index is 9.57. The zero-order chi connectivity index (χ0) is 3.70. The Labute approximate surface area is 43.1 Å². The van der Waals surface area contributed by atoms with Crippen molar-refractivity contribution in [3.63, 3.8) is 0 Å². The Balaban J connectivity index is 0.000000250. The van der Waals surface area contributed by atoms with E-state index in [-0.39, 0.29) is 12.4 Å². The molecule has 0 spiro atoms. The lowest BCUT2D eigenvalue weighted by Gasteiger charge is -1.56. The molecule has 0 radical (unpaired) electrons. The molecule has 1 nitrogen and oxygen atoms in total. The number of rotatable bonds is 1. The van der Waals surface area contributed by atoms with Gasteiger partial charge in [0.05, 0.1) is 0 Å². The predicted octanol–water partition coefficient (Wildman–Crippen LogP) is 1.02. The van der Waals surface area contributed by atoms with Crippen LogP contribution in [0, 0.1) is 5.92 Å². The first-order valence-electron chi connectivity index (χ1n) is 1.89. The van der Waals surface area contributed by atoms with Crippen LogP contribution in [-0.4, -0.2) is 6.29 Å². The van der Waals surface area contributed by atoms with Crippen molar-refractivity contribution in [2.75, 3.05) is 0 Å². The number of hydrogen-bond acceptors (Lipinski definition) is 1. The molecule has 0 saturated heterocycles. The monoisotopic (exact) mass is 106 g/mol. The van der Waals surface area contributed by atoms with Crippen molar-refractivity contribution < 1.29 is 4.79 Å². The molecular formula is C4H7ClO. The lowest BCUT2D eigenvalue weighted by atomic mass is 10.5. The van der Waals surface area contributed by atoms with Gasteiger partial charge in [0, 0.05) is 5.92 Å². The van der Waals surface area contributed by atoms with E-state index in [1.165, 1.54) is 0 Å². The largest absolute Gasteiger partial charge is 0.303 e. The quantitative estimate of drug-likeness (QED) is 0.456. The second kappa shape index (κ2) is 2.19. The standard InChI is InChI=1S/C4H6O.ClH/c5-3-4-1-2-4;/h3-4H,1-2H2;1H. The van der Waals surface area contributed by atoms with Gasteiger partial charge >= 0.3 is 0 Å². The van der Waals surface area contributed by atoms with Gasteiger partial charge in [0.15, 0.2) is 0 Å². The van der Waals surface area contributed by atoms with Gasteiger partial charge < -0.3 is 4.79 Å². The SMILES string of the molecule is Cl.O=CC1CC1. The molecule has 0 N–H and O–H groups in total. The minimum absolute atomic E-state index is 0. The van der Waals surface area contributed by atoms with Gasteiger partial charge in [-0.2, -0.15) is 0 Å². The number of carbonyl (C=O) groups is 1. The highest BCUT2D eigenvalue weighted by molar-refractivity contribution is 5.85. The summed E-state index contributed by atoms with van der Waals surface area (Å²) in [6.45, 7) is 0. The smallest absolute Gasteiger partial charge is 0.123 e. The van der Waals surface area contributed by atoms with E-state index in [9.17, 15) is 4.79 Å². The summed E-state index contributed by atoms with van der Waals surface area (Å²) in [6.07, 6.45) is 3.31. The van der Waals surface area contributed by atoms with E-state index in [0.717, 1.165) is 19.1 Å². The molecule has 0 aromatic heterocycles. The average Bonchev–Trinajstić information content (AvgIpc) is 2.12. The van der Waals surface area contributed by atoms with E-state index in [2.05, 4.69) is 0 Å². The van der Waals surface area contributed by atoms with Crippen LogP contribution in [0.2, 0.25) is 0 Å². The van der Waals surface area contributed by atoms with Crippen LogP contribution in [0.15, 0.2) is 0 Å². The summed E-state index contributed by atoms with van der Waals surface area (Å²) in [5.74, 6) is 0.454. The first-order chi connectivity index (χ1) is 2.43. The summed E-state index contributed by atoms with van der Waals surface area (Å²) in [5.41, 5.74) is 0. The van der Waals surface area contributed by atoms with Gasteiger partial charge in [-0.1, -0.05) is 0 Å². The predicted molar refractivity (Wildman–Crippen MR) is 26.0 cm³/mol. The Hall–Kier alpha value is -0.0400. The molecule has 1 aliphatic carbocycles. The van der Waals surface area contributed by atoms with Crippen LogP contribution >= 0.6 is 12.4 Å². The van der Waals surface area contributed by atoms with Gasteiger partial charge in [0.25, 0.3) is 0 Å². The normalized spacial score (nSPS) is 18.7. The number of hydrogen-bond donors (Lipinski definition) is 0. The Bertz CT molecular complexity index is 49.5. The molecule has 0 aliphatic heterocycles. The van der Waals surface area contributed by atoms with E-state index in [1.807, 2.05) is 0 Å². The van der Waals surface area contributed by atoms with Gasteiger partial charge in [0.1, 0.15) is 6.29 Å². The second-order valence-electron chi connectivity index (χ2n) is 1.47. The highest BCUT2D eigenvalue weighted by Gasteiger charge is 2.18. The first kappa shape index (κ1) is 5.96. The van der Waals surface area contributed by atoms with Crippen molar-refractivity contribution in [1.29, 1.82) is 0 Å². The summed E-state index contributed by atoms with van der Waals surface area (Å²) < 4.78 is 0. The van der Waals surface area contributed by atoms with Gasteiger partial charge in [-0.25, -0.2) is 0 Å². The molecule has 0 atom stereocenters. The summed E-state index contributed by atoms with van der Waals surface area (Å²) in [4.78, 5) is 9.57. The van der Waals surface area contributed by atoms with Crippen molar-refractivity contribution in [1.82, 2.24) is 0 Å². The van der Waals surface area contributed by atoms with Crippen molar-refractivity contribution in [2.45, 2.75) is 12.8 Å². The van der Waals surface area contributed by atoms with Crippen molar-refractivity contribution in [3.05, 3.63) is 0 Å². The maximum absolute atomic E-state index is 9.57. The van der Waals surface area contributed by atoms with Crippen LogP contribution in [0.1, 0.15) is 12.8 Å². The van der Waals surface area contributed by atoms with E-state index in [1.54, 1.807) is 0 Å². The Morgan fingerprint density at radius 2 is 2.00 bits per heavy atom. The average molecular weight is 107 g/mol. The van der Waals surface area contributed by atoms with Crippen LogP contribution in [-0.2, 0) is 4.79 Å². The van der Waals surface area contributed by atoms with Gasteiger partial charge in [-0.15, -0.1) is 12.4 Å². The molecule has 0 unspecified atom stereocenters. The van der Waals surface area contributed by atoms with Crippen LogP contribution in [0.4, 0.5) is 0 Å². The minimum Gasteiger partial charge on any atom is -0.303 e. The fourth-order valence-electron chi connectivity index (χ4n) is 0.232. The zero-order valence-electron chi connectivity index (χ0n) is 3.39. The maximum Gasteiger partial charge on any atom is 0.123 e. The molecule has 0 amide bonds. The van der Waals surface area contributed by atoms with E-state index < -0.39 is 0 Å². The Morgan fingerprint density at radius 1 is 1.50 bits per heavy atom. The third-order valence-electron chi connectivity index (χ3n) is 0.814. The number of carbonyl (C=O) groups excluding carboxylic acids is 1. The van der Waals surface area contributed by atoms with Crippen LogP contribution < -0.4 is 0 Å². The number of halogens is 1. The zero-order valence-corrected chi connectivity index (χ0v) is 4.20. The van der Waals surface area contributed by atoms with Crippen molar-refractivity contribution in [3.8, 4) is 0 Å². The van der Waals surface area contributed by atoms with Gasteiger partial charge in [0.2, 0.25) is 0 Å². The van der Waals surface area contributed by atoms with Crippen LogP contribution in [0.3, 0.4) is 0 Å². The molecule has 6 heavy (non-hydrogen) atoms. The third kappa shape index (κ3) is 1.41. The lowest BCUT2D eigenvalue weighted by Crippen LogP contribution is -1.66. The summed E-state index contributed by atoms with van der Waals surface area (Å²) in [6, 6.07) is 0. The summed E-state index contributed by atoms with van der Waals surface area (Å²) in [5, 5.41) is 0. The second-order valence-corrected chi connectivity index (χ2v) is 1.47. The molecule has 1 fully saturated rings. The molecule has 0 aromatic carbocycles. The Morgan fingerprint density at radius 3 is 2.00 bits per heavy atom. The third-order valence-corrected chi connectivity index (χ3v) is 0.814. The summed E-state index contributed by atoms with van der Waals surface area (Å²) in [7, 11) is 0. The van der Waals surface area contributed by atoms with Gasteiger partial charge in [-0.3, -0.25) is 0 Å². The van der Waals surface area contributed by atoms with E-state index in [0.29, 0.717) is 5.92 Å². The number of aldehydes is 1. The molecule has 36 valence electrons. The fourth-order valence-corrected chi connectivity index (χ4v) is 0.232. The van der Waals surface area contributed by atoms with Gasteiger partial charge in [-0.05, 0) is 12.8 Å². The lowest BCUT2D eigenvalue weighted by molar-refractivity contribution is -0.108. The summed E-state index contributed by atoms with van der Waals surface area (Å²) >= 11 is 0. The molecule has 0 heterocycles. The molecular weight excluding hydrogens is 99.5 g/mol.